The van der Waals surface area contributed by atoms with Gasteiger partial charge in [-0.2, -0.15) is 0 Å². The van der Waals surface area contributed by atoms with Crippen molar-refractivity contribution in [3.8, 4) is 0 Å². The molecule has 0 spiro atoms. The molecule has 0 radical (unpaired) electrons. The molecule has 0 saturated carbocycles. The van der Waals surface area contributed by atoms with Crippen molar-refractivity contribution in [2.45, 2.75) is 45.7 Å². The molecule has 2 aromatic carbocycles. The van der Waals surface area contributed by atoms with Crippen LogP contribution in [0.1, 0.15) is 36.0 Å². The van der Waals surface area contributed by atoms with Crippen molar-refractivity contribution in [2.24, 2.45) is 5.92 Å². The van der Waals surface area contributed by atoms with Gasteiger partial charge in [-0.05, 0) is 68.4 Å². The van der Waals surface area contributed by atoms with Gasteiger partial charge in [0.05, 0.1) is 0 Å². The Labute approximate surface area is 156 Å². The number of hydrogen-bond donors (Lipinski definition) is 0. The Morgan fingerprint density at radius 1 is 0.962 bits per heavy atom. The van der Waals surface area contributed by atoms with Crippen LogP contribution in [0.25, 0.3) is 0 Å². The van der Waals surface area contributed by atoms with Gasteiger partial charge in [0, 0.05) is 30.4 Å². The number of rotatable bonds is 3. The average Bonchev–Trinajstić information content (AvgIpc) is 2.69. The molecule has 1 fully saturated rings. The molecule has 2 aliphatic rings. The maximum atomic E-state index is 11.6. The summed E-state index contributed by atoms with van der Waals surface area (Å²) in [6.45, 7) is 6.41. The third-order valence-electron chi connectivity index (χ3n) is 6.20. The van der Waals surface area contributed by atoms with Crippen LogP contribution in [0.5, 0.6) is 0 Å². The zero-order valence-corrected chi connectivity index (χ0v) is 15.8. The number of anilines is 2. The second-order valence-corrected chi connectivity index (χ2v) is 7.74. The van der Waals surface area contributed by atoms with E-state index in [1.807, 2.05) is 0 Å². The van der Waals surface area contributed by atoms with Crippen LogP contribution in [-0.2, 0) is 11.2 Å². The monoisotopic (exact) mass is 348 g/mol. The van der Waals surface area contributed by atoms with Crippen LogP contribution in [0.3, 0.4) is 0 Å². The van der Waals surface area contributed by atoms with Crippen molar-refractivity contribution < 1.29 is 4.79 Å². The lowest BCUT2D eigenvalue weighted by molar-refractivity contribution is -0.111. The standard InChI is InChI=1S/C23H28N2O/c1-17-7-5-11-21(18(17)2)25-14-12-19(16-26)15-23(25)24-13-6-9-20-8-3-4-10-22(20)24/h3-5,7-8,10-11,16,19,23H,6,9,12-15H2,1-2H3. The fourth-order valence-corrected chi connectivity index (χ4v) is 4.59. The van der Waals surface area contributed by atoms with E-state index in [-0.39, 0.29) is 12.1 Å². The van der Waals surface area contributed by atoms with Crippen molar-refractivity contribution in [3.63, 3.8) is 0 Å². The Morgan fingerprint density at radius 3 is 2.58 bits per heavy atom. The van der Waals surface area contributed by atoms with Crippen LogP contribution in [0.15, 0.2) is 42.5 Å². The van der Waals surface area contributed by atoms with Crippen LogP contribution in [-0.4, -0.2) is 25.5 Å². The highest BCUT2D eigenvalue weighted by molar-refractivity contribution is 5.64. The lowest BCUT2D eigenvalue weighted by Crippen LogP contribution is -2.55. The number of benzene rings is 2. The van der Waals surface area contributed by atoms with Gasteiger partial charge in [-0.25, -0.2) is 0 Å². The molecule has 0 N–H and O–H groups in total. The topological polar surface area (TPSA) is 23.6 Å². The number of hydrogen-bond acceptors (Lipinski definition) is 3. The number of piperidine rings is 1. The fraction of sp³-hybridized carbons (Fsp3) is 0.435. The van der Waals surface area contributed by atoms with Gasteiger partial charge in [-0.15, -0.1) is 0 Å². The number of carbonyl (C=O) groups is 1. The Morgan fingerprint density at radius 2 is 1.73 bits per heavy atom. The van der Waals surface area contributed by atoms with Gasteiger partial charge in [-0.3, -0.25) is 0 Å². The van der Waals surface area contributed by atoms with Gasteiger partial charge in [0.2, 0.25) is 0 Å². The normalized spacial score (nSPS) is 22.8. The van der Waals surface area contributed by atoms with Gasteiger partial charge in [0.1, 0.15) is 12.5 Å². The number of carbonyl (C=O) groups excluding carboxylic acids is 1. The maximum Gasteiger partial charge on any atom is 0.123 e. The number of nitrogens with zero attached hydrogens (tertiary/aromatic N) is 2. The van der Waals surface area contributed by atoms with Gasteiger partial charge in [-0.1, -0.05) is 30.3 Å². The fourth-order valence-electron chi connectivity index (χ4n) is 4.59. The molecule has 1 saturated heterocycles. The average molecular weight is 348 g/mol. The summed E-state index contributed by atoms with van der Waals surface area (Å²) in [5.41, 5.74) is 6.80. The second kappa shape index (κ2) is 7.14. The highest BCUT2D eigenvalue weighted by Gasteiger charge is 2.35. The molecule has 0 bridgehead atoms. The molecule has 2 aromatic rings. The SMILES string of the molecule is Cc1cccc(N2CCC(C=O)CC2N2CCCc3ccccc32)c1C. The van der Waals surface area contributed by atoms with Crippen LogP contribution < -0.4 is 9.80 Å². The molecule has 136 valence electrons. The van der Waals surface area contributed by atoms with Crippen molar-refractivity contribution in [1.29, 1.82) is 0 Å². The molecular formula is C23H28N2O. The first kappa shape index (κ1) is 17.1. The van der Waals surface area contributed by atoms with Crippen molar-refractivity contribution in [2.75, 3.05) is 22.9 Å². The number of fused-ring (bicyclic) bond motifs is 1. The molecule has 2 unspecified atom stereocenters. The number of para-hydroxylation sites is 1. The van der Waals surface area contributed by atoms with E-state index in [2.05, 4.69) is 66.1 Å². The Balaban J connectivity index is 1.75. The van der Waals surface area contributed by atoms with E-state index in [1.54, 1.807) is 0 Å². The van der Waals surface area contributed by atoms with Crippen LogP contribution >= 0.6 is 0 Å². The number of aldehydes is 1. The van der Waals surface area contributed by atoms with Gasteiger partial charge in [0.25, 0.3) is 0 Å². The molecule has 2 heterocycles. The second-order valence-electron chi connectivity index (χ2n) is 7.74. The molecular weight excluding hydrogens is 320 g/mol. The molecule has 0 aromatic heterocycles. The summed E-state index contributed by atoms with van der Waals surface area (Å²) in [7, 11) is 0. The van der Waals surface area contributed by atoms with Crippen LogP contribution in [0.2, 0.25) is 0 Å². The minimum Gasteiger partial charge on any atom is -0.351 e. The molecule has 0 amide bonds. The van der Waals surface area contributed by atoms with E-state index < -0.39 is 0 Å². The van der Waals surface area contributed by atoms with E-state index >= 15 is 0 Å². The van der Waals surface area contributed by atoms with Crippen LogP contribution in [0, 0.1) is 19.8 Å². The summed E-state index contributed by atoms with van der Waals surface area (Å²) in [5.74, 6) is 0.162. The predicted octanol–water partition coefficient (Wildman–Crippen LogP) is 4.50. The van der Waals surface area contributed by atoms with E-state index in [4.69, 9.17) is 0 Å². The number of aryl methyl sites for hydroxylation is 2. The molecule has 3 nitrogen and oxygen atoms in total. The minimum atomic E-state index is 0.162. The summed E-state index contributed by atoms with van der Waals surface area (Å²) in [6, 6.07) is 15.4. The summed E-state index contributed by atoms with van der Waals surface area (Å²) in [6.07, 6.45) is 5.61. The van der Waals surface area contributed by atoms with Crippen molar-refractivity contribution in [3.05, 3.63) is 59.2 Å². The summed E-state index contributed by atoms with van der Waals surface area (Å²) < 4.78 is 0. The molecule has 3 heteroatoms. The van der Waals surface area contributed by atoms with Gasteiger partial charge < -0.3 is 14.6 Å². The minimum absolute atomic E-state index is 0.162. The first-order valence-corrected chi connectivity index (χ1v) is 9.81. The molecule has 2 aliphatic heterocycles. The van der Waals surface area contributed by atoms with E-state index in [0.717, 1.165) is 32.4 Å². The summed E-state index contributed by atoms with van der Waals surface area (Å²) in [4.78, 5) is 16.7. The highest BCUT2D eigenvalue weighted by atomic mass is 16.1. The van der Waals surface area contributed by atoms with Crippen molar-refractivity contribution in [1.82, 2.24) is 0 Å². The first-order chi connectivity index (χ1) is 12.7. The first-order valence-electron chi connectivity index (χ1n) is 9.81. The largest absolute Gasteiger partial charge is 0.351 e. The lowest BCUT2D eigenvalue weighted by Gasteiger charge is -2.48. The van der Waals surface area contributed by atoms with Gasteiger partial charge >= 0.3 is 0 Å². The summed E-state index contributed by atoms with van der Waals surface area (Å²) >= 11 is 0. The maximum absolute atomic E-state index is 11.6. The van der Waals surface area contributed by atoms with Crippen LogP contribution in [0.4, 0.5) is 11.4 Å². The Bertz CT molecular complexity index is 801. The smallest absolute Gasteiger partial charge is 0.123 e. The third kappa shape index (κ3) is 3.00. The third-order valence-corrected chi connectivity index (χ3v) is 6.20. The zero-order valence-electron chi connectivity index (χ0n) is 15.8. The highest BCUT2D eigenvalue weighted by Crippen LogP contribution is 2.37. The Kier molecular flexibility index (Phi) is 4.71. The van der Waals surface area contributed by atoms with Crippen molar-refractivity contribution >= 4 is 17.7 Å². The predicted molar refractivity (Wildman–Crippen MR) is 108 cm³/mol. The quantitative estimate of drug-likeness (QED) is 0.763. The summed E-state index contributed by atoms with van der Waals surface area (Å²) in [5, 5.41) is 0. The Hall–Kier alpha value is -2.29. The molecule has 4 rings (SSSR count). The van der Waals surface area contributed by atoms with E-state index in [9.17, 15) is 4.79 Å². The molecule has 26 heavy (non-hydrogen) atoms. The molecule has 0 aliphatic carbocycles. The molecule has 2 atom stereocenters. The van der Waals surface area contributed by atoms with Gasteiger partial charge in [0.15, 0.2) is 0 Å². The zero-order chi connectivity index (χ0) is 18.1. The van der Waals surface area contributed by atoms with E-state index in [1.165, 1.54) is 40.8 Å². The van der Waals surface area contributed by atoms with E-state index in [0.29, 0.717) is 0 Å². The lowest BCUT2D eigenvalue weighted by atomic mass is 9.91.